The fourth-order valence-electron chi connectivity index (χ4n) is 2.32. The fourth-order valence-corrected chi connectivity index (χ4v) is 4.09. The molecule has 1 aromatic carbocycles. The molecule has 0 atom stereocenters. The highest BCUT2D eigenvalue weighted by atomic mass is 32.2. The second-order valence-electron chi connectivity index (χ2n) is 5.63. The predicted octanol–water partition coefficient (Wildman–Crippen LogP) is 3.22. The van der Waals surface area contributed by atoms with Crippen LogP contribution in [-0.4, -0.2) is 37.7 Å². The maximum Gasteiger partial charge on any atom is 0.236 e. The van der Waals surface area contributed by atoms with Gasteiger partial charge in [0.05, 0.1) is 11.4 Å². The lowest BCUT2D eigenvalue weighted by Gasteiger charge is -2.13. The molecule has 0 radical (unpaired) electrons. The summed E-state index contributed by atoms with van der Waals surface area (Å²) in [5.74, 6) is -0.901. The molecule has 0 spiro atoms. The van der Waals surface area contributed by atoms with Crippen molar-refractivity contribution in [3.8, 4) is 11.3 Å². The number of hydrogen-bond acceptors (Lipinski definition) is 7. The van der Waals surface area contributed by atoms with E-state index in [1.165, 1.54) is 16.9 Å². The Morgan fingerprint density at radius 2 is 1.92 bits per heavy atom. The molecular formula is C17H15N3O3S3. The van der Waals surface area contributed by atoms with E-state index in [4.69, 9.17) is 12.2 Å². The third-order valence-corrected chi connectivity index (χ3v) is 5.79. The van der Waals surface area contributed by atoms with E-state index in [0.29, 0.717) is 5.13 Å². The predicted molar refractivity (Wildman–Crippen MR) is 107 cm³/mol. The van der Waals surface area contributed by atoms with Crippen molar-refractivity contribution in [2.24, 2.45) is 0 Å². The first-order valence-corrected chi connectivity index (χ1v) is 10.1. The zero-order valence-electron chi connectivity index (χ0n) is 13.9. The van der Waals surface area contributed by atoms with E-state index >= 15 is 0 Å². The number of amides is 3. The van der Waals surface area contributed by atoms with Crippen LogP contribution in [0.4, 0.5) is 5.13 Å². The second kappa shape index (κ2) is 8.07. The number of hydrogen-bond donors (Lipinski definition) is 1. The Kier molecular flexibility index (Phi) is 5.80. The van der Waals surface area contributed by atoms with Crippen molar-refractivity contribution in [2.45, 2.75) is 19.8 Å². The van der Waals surface area contributed by atoms with E-state index in [1.54, 1.807) is 0 Å². The van der Waals surface area contributed by atoms with Gasteiger partial charge in [0.2, 0.25) is 17.7 Å². The molecule has 0 saturated carbocycles. The van der Waals surface area contributed by atoms with Gasteiger partial charge in [0.15, 0.2) is 5.13 Å². The Morgan fingerprint density at radius 1 is 1.27 bits per heavy atom. The molecule has 9 heteroatoms. The zero-order valence-corrected chi connectivity index (χ0v) is 16.3. The number of imide groups is 1. The van der Waals surface area contributed by atoms with Crippen molar-refractivity contribution in [3.63, 3.8) is 0 Å². The fraction of sp³-hybridized carbons (Fsp3) is 0.235. The van der Waals surface area contributed by atoms with Crippen LogP contribution in [0.2, 0.25) is 0 Å². The van der Waals surface area contributed by atoms with Gasteiger partial charge in [-0.05, 0) is 6.92 Å². The van der Waals surface area contributed by atoms with Crippen molar-refractivity contribution in [3.05, 3.63) is 35.2 Å². The number of thiocarbonyl (C=S) groups is 1. The molecule has 2 aromatic rings. The summed E-state index contributed by atoms with van der Waals surface area (Å²) in [6, 6.07) is 7.97. The van der Waals surface area contributed by atoms with Crippen LogP contribution in [0.5, 0.6) is 0 Å². The van der Waals surface area contributed by atoms with E-state index in [-0.39, 0.29) is 40.6 Å². The maximum absolute atomic E-state index is 12.1. The molecule has 1 fully saturated rings. The Morgan fingerprint density at radius 3 is 2.58 bits per heavy atom. The number of carbonyl (C=O) groups excluding carboxylic acids is 3. The summed E-state index contributed by atoms with van der Waals surface area (Å²) < 4.78 is 0.118. The van der Waals surface area contributed by atoms with Crippen LogP contribution in [0, 0.1) is 6.92 Å². The highest BCUT2D eigenvalue weighted by Gasteiger charge is 2.32. The molecule has 1 aromatic heterocycles. The molecule has 3 amide bonds. The molecule has 0 unspecified atom stereocenters. The number of nitrogens with one attached hydrogen (secondary N) is 1. The van der Waals surface area contributed by atoms with Gasteiger partial charge >= 0.3 is 0 Å². The van der Waals surface area contributed by atoms with Crippen LogP contribution >= 0.6 is 35.3 Å². The van der Waals surface area contributed by atoms with Crippen molar-refractivity contribution < 1.29 is 14.4 Å². The lowest BCUT2D eigenvalue weighted by atomic mass is 10.1. The number of aryl methyl sites for hydroxylation is 1. The topological polar surface area (TPSA) is 79.4 Å². The standard InChI is InChI=1S/C17H15N3O3S3/c1-10-2-4-11(5-3-10)12-8-25-16(18-12)19-13(21)9-26-17(24)20-14(22)6-7-15(20)23/h2-5,8H,6-7,9H2,1H3,(H,18,19,21). The average Bonchev–Trinajstić information content (AvgIpc) is 3.20. The van der Waals surface area contributed by atoms with Crippen LogP contribution < -0.4 is 5.32 Å². The summed E-state index contributed by atoms with van der Waals surface area (Å²) >= 11 is 7.41. The minimum absolute atomic E-state index is 0.00926. The number of carbonyl (C=O) groups is 3. The number of nitrogens with zero attached hydrogens (tertiary/aromatic N) is 2. The largest absolute Gasteiger partial charge is 0.301 e. The number of benzene rings is 1. The van der Waals surface area contributed by atoms with Crippen LogP contribution in [0.15, 0.2) is 29.6 Å². The first-order chi connectivity index (χ1) is 12.4. The number of aromatic nitrogens is 1. The minimum Gasteiger partial charge on any atom is -0.301 e. The number of rotatable bonds is 4. The molecule has 134 valence electrons. The molecule has 1 N–H and O–H groups in total. The van der Waals surface area contributed by atoms with Crippen LogP contribution in [0.3, 0.4) is 0 Å². The summed E-state index contributed by atoms with van der Waals surface area (Å²) in [4.78, 5) is 40.7. The highest BCUT2D eigenvalue weighted by Crippen LogP contribution is 2.25. The lowest BCUT2D eigenvalue weighted by molar-refractivity contribution is -0.133. The van der Waals surface area contributed by atoms with Crippen molar-refractivity contribution in [1.29, 1.82) is 0 Å². The van der Waals surface area contributed by atoms with E-state index in [1.807, 2.05) is 36.6 Å². The van der Waals surface area contributed by atoms with E-state index < -0.39 is 0 Å². The monoisotopic (exact) mass is 405 g/mol. The minimum atomic E-state index is -0.310. The van der Waals surface area contributed by atoms with Crippen molar-refractivity contribution >= 4 is 62.5 Å². The molecule has 0 bridgehead atoms. The SMILES string of the molecule is Cc1ccc(-c2csc(NC(=O)CSC(=S)N3C(=O)CCC3=O)n2)cc1. The van der Waals surface area contributed by atoms with Gasteiger partial charge in [-0.3, -0.25) is 14.4 Å². The van der Waals surface area contributed by atoms with Crippen LogP contribution in [0.1, 0.15) is 18.4 Å². The van der Waals surface area contributed by atoms with Crippen molar-refractivity contribution in [2.75, 3.05) is 11.1 Å². The first kappa shape index (κ1) is 18.7. The number of anilines is 1. The van der Waals surface area contributed by atoms with Gasteiger partial charge in [-0.25, -0.2) is 9.88 Å². The Labute approximate surface area is 164 Å². The summed E-state index contributed by atoms with van der Waals surface area (Å²) in [5.41, 5.74) is 2.94. The first-order valence-electron chi connectivity index (χ1n) is 7.79. The van der Waals surface area contributed by atoms with Gasteiger partial charge in [-0.2, -0.15) is 0 Å². The third-order valence-electron chi connectivity index (χ3n) is 3.66. The van der Waals surface area contributed by atoms with Gasteiger partial charge in [-0.15, -0.1) is 11.3 Å². The van der Waals surface area contributed by atoms with Gasteiger partial charge in [0.1, 0.15) is 4.32 Å². The molecule has 1 aliphatic rings. The summed E-state index contributed by atoms with van der Waals surface area (Å²) in [5, 5.41) is 5.08. The molecular weight excluding hydrogens is 390 g/mol. The molecule has 6 nitrogen and oxygen atoms in total. The summed E-state index contributed by atoms with van der Waals surface area (Å²) in [6.45, 7) is 2.02. The van der Waals surface area contributed by atoms with E-state index in [0.717, 1.165) is 27.9 Å². The van der Waals surface area contributed by atoms with Crippen LogP contribution in [-0.2, 0) is 14.4 Å². The maximum atomic E-state index is 12.1. The summed E-state index contributed by atoms with van der Waals surface area (Å²) in [7, 11) is 0. The molecule has 3 rings (SSSR count). The average molecular weight is 406 g/mol. The molecule has 26 heavy (non-hydrogen) atoms. The Balaban J connectivity index is 1.54. The number of thioether (sulfide) groups is 1. The molecule has 1 saturated heterocycles. The summed E-state index contributed by atoms with van der Waals surface area (Å²) in [6.07, 6.45) is 0.346. The Hall–Kier alpha value is -2.10. The normalized spacial score (nSPS) is 14.0. The molecule has 1 aliphatic heterocycles. The van der Waals surface area contributed by atoms with E-state index in [9.17, 15) is 14.4 Å². The van der Waals surface area contributed by atoms with Gasteiger partial charge in [-0.1, -0.05) is 53.8 Å². The van der Waals surface area contributed by atoms with Gasteiger partial charge < -0.3 is 5.32 Å². The van der Waals surface area contributed by atoms with Gasteiger partial charge in [0, 0.05) is 23.8 Å². The third kappa shape index (κ3) is 4.35. The van der Waals surface area contributed by atoms with E-state index in [2.05, 4.69) is 10.3 Å². The second-order valence-corrected chi connectivity index (χ2v) is 8.10. The lowest BCUT2D eigenvalue weighted by Crippen LogP contribution is -2.33. The van der Waals surface area contributed by atoms with Gasteiger partial charge in [0.25, 0.3) is 0 Å². The Bertz CT molecular complexity index is 861. The quantitative estimate of drug-likeness (QED) is 0.621. The zero-order chi connectivity index (χ0) is 18.7. The van der Waals surface area contributed by atoms with Crippen molar-refractivity contribution in [1.82, 2.24) is 9.88 Å². The number of likely N-dealkylation sites (tertiary alicyclic amines) is 1. The molecule has 0 aliphatic carbocycles. The number of thiazole rings is 1. The molecule has 2 heterocycles. The van der Waals surface area contributed by atoms with Crippen LogP contribution in [0.25, 0.3) is 11.3 Å². The highest BCUT2D eigenvalue weighted by molar-refractivity contribution is 8.23. The smallest absolute Gasteiger partial charge is 0.236 e.